The third-order valence-electron chi connectivity index (χ3n) is 5.68. The highest BCUT2D eigenvalue weighted by Crippen LogP contribution is 2.22. The zero-order chi connectivity index (χ0) is 26.6. The number of benzene rings is 3. The van der Waals surface area contributed by atoms with Crippen molar-refractivity contribution in [3.05, 3.63) is 94.5 Å². The number of amidine groups is 1. The summed E-state index contributed by atoms with van der Waals surface area (Å²) in [5.41, 5.74) is 8.85. The number of rotatable bonds is 9. The first kappa shape index (κ1) is 26.8. The van der Waals surface area contributed by atoms with Crippen LogP contribution in [0.25, 0.3) is 0 Å². The summed E-state index contributed by atoms with van der Waals surface area (Å²) < 4.78 is 0. The second-order valence-corrected chi connectivity index (χ2v) is 8.59. The lowest BCUT2D eigenvalue weighted by molar-refractivity contribution is 0.0995. The molecule has 0 saturated heterocycles. The first-order chi connectivity index (χ1) is 17.9. The molecule has 0 aliphatic carbocycles. The van der Waals surface area contributed by atoms with Crippen molar-refractivity contribution in [2.24, 2.45) is 15.3 Å². The van der Waals surface area contributed by atoms with E-state index in [9.17, 15) is 4.79 Å². The lowest BCUT2D eigenvalue weighted by atomic mass is 10.1. The smallest absolute Gasteiger partial charge is 0.295 e. The Morgan fingerprint density at radius 1 is 0.838 bits per heavy atom. The molecule has 3 aromatic rings. The maximum atomic E-state index is 12.6. The highest BCUT2D eigenvalue weighted by molar-refractivity contribution is 6.03. The van der Waals surface area contributed by atoms with Crippen LogP contribution in [0.4, 0.5) is 11.4 Å². The maximum Gasteiger partial charge on any atom is 0.295 e. The number of amides is 1. The van der Waals surface area contributed by atoms with Crippen molar-refractivity contribution in [2.75, 3.05) is 23.4 Å². The molecule has 1 N–H and O–H groups in total. The molecule has 0 heterocycles. The minimum Gasteiger partial charge on any atom is -0.369 e. The Hall–Kier alpha value is -4.82. The molecule has 0 aliphatic heterocycles. The van der Waals surface area contributed by atoms with Gasteiger partial charge in [0.2, 0.25) is 5.84 Å². The van der Waals surface area contributed by atoms with Gasteiger partial charge in [-0.25, -0.2) is 0 Å². The minimum absolute atomic E-state index is 0.255. The number of anilines is 2. The average Bonchev–Trinajstić information content (AvgIpc) is 2.90. The number of nitrogens with zero attached hydrogens (tertiary/aromatic N) is 6. The van der Waals surface area contributed by atoms with Crippen LogP contribution in [0.2, 0.25) is 0 Å². The molecule has 3 aromatic carbocycles. The van der Waals surface area contributed by atoms with Crippen molar-refractivity contribution in [1.29, 1.82) is 10.5 Å². The highest BCUT2D eigenvalue weighted by atomic mass is 16.1. The molecule has 0 aromatic heterocycles. The van der Waals surface area contributed by atoms with Crippen LogP contribution >= 0.6 is 0 Å². The van der Waals surface area contributed by atoms with Crippen molar-refractivity contribution in [1.82, 2.24) is 0 Å². The second kappa shape index (κ2) is 13.3. The molecule has 0 bridgehead atoms. The fourth-order valence-electron chi connectivity index (χ4n) is 3.56. The molecule has 0 radical (unpaired) electrons. The topological polar surface area (TPSA) is 117 Å². The van der Waals surface area contributed by atoms with Gasteiger partial charge in [-0.2, -0.15) is 15.6 Å². The first-order valence-electron chi connectivity index (χ1n) is 11.9. The van der Waals surface area contributed by atoms with Crippen LogP contribution in [0.1, 0.15) is 45.5 Å². The summed E-state index contributed by atoms with van der Waals surface area (Å²) in [7, 11) is 0. The molecule has 0 atom stereocenters. The van der Waals surface area contributed by atoms with Crippen molar-refractivity contribution in [2.45, 2.75) is 33.6 Å². The van der Waals surface area contributed by atoms with Crippen LogP contribution in [0.3, 0.4) is 0 Å². The number of azo groups is 1. The first-order valence-corrected chi connectivity index (χ1v) is 11.9. The van der Waals surface area contributed by atoms with Gasteiger partial charge < -0.3 is 4.90 Å². The summed E-state index contributed by atoms with van der Waals surface area (Å²) >= 11 is 0. The monoisotopic (exact) mass is 491 g/mol. The molecule has 3 rings (SSSR count). The predicted octanol–water partition coefficient (Wildman–Crippen LogP) is 6.31. The van der Waals surface area contributed by atoms with Gasteiger partial charge >= 0.3 is 0 Å². The number of carbonyl (C=O) groups is 1. The molecule has 8 nitrogen and oxygen atoms in total. The zero-order valence-electron chi connectivity index (χ0n) is 21.3. The van der Waals surface area contributed by atoms with Gasteiger partial charge in [0.05, 0.1) is 30.7 Å². The van der Waals surface area contributed by atoms with Crippen LogP contribution in [-0.2, 0) is 0 Å². The van der Waals surface area contributed by atoms with Crippen molar-refractivity contribution in [3.8, 4) is 12.1 Å². The third-order valence-corrected chi connectivity index (χ3v) is 5.68. The molecular weight excluding hydrogens is 462 g/mol. The van der Waals surface area contributed by atoms with Crippen molar-refractivity contribution < 1.29 is 4.79 Å². The maximum absolute atomic E-state index is 12.6. The zero-order valence-corrected chi connectivity index (χ0v) is 21.3. The Morgan fingerprint density at radius 2 is 1.43 bits per heavy atom. The second-order valence-electron chi connectivity index (χ2n) is 8.59. The van der Waals surface area contributed by atoms with E-state index in [0.717, 1.165) is 28.1 Å². The standard InChI is InChI=1S/C29H29N7O/c1-21-6-10-24(11-7-21)29(37)35-34-28(33-32-25-12-8-22(2)9-13-25)27-15-14-26(20-23(27)3)36(18-4-16-30)19-5-17-31/h6-15,20,32H,4-5,18-19H2,1-3H3. The number of hydrogen-bond donors (Lipinski definition) is 1. The van der Waals surface area contributed by atoms with E-state index in [4.69, 9.17) is 10.5 Å². The summed E-state index contributed by atoms with van der Waals surface area (Å²) in [5, 5.41) is 30.6. The Morgan fingerprint density at radius 3 is 2.00 bits per heavy atom. The summed E-state index contributed by atoms with van der Waals surface area (Å²) in [4.78, 5) is 14.6. The molecule has 0 aliphatic rings. The van der Waals surface area contributed by atoms with Gasteiger partial charge in [-0.15, -0.1) is 10.2 Å². The molecule has 0 saturated carbocycles. The van der Waals surface area contributed by atoms with Gasteiger partial charge in [-0.1, -0.05) is 35.4 Å². The van der Waals surface area contributed by atoms with E-state index in [2.05, 4.69) is 32.9 Å². The summed E-state index contributed by atoms with van der Waals surface area (Å²) in [5.74, 6) is -0.206. The molecule has 37 heavy (non-hydrogen) atoms. The van der Waals surface area contributed by atoms with Gasteiger partial charge in [0.15, 0.2) is 0 Å². The van der Waals surface area contributed by atoms with Crippen LogP contribution in [-0.4, -0.2) is 24.8 Å². The van der Waals surface area contributed by atoms with E-state index in [1.54, 1.807) is 12.1 Å². The molecule has 0 spiro atoms. The molecule has 0 fully saturated rings. The average molecular weight is 492 g/mol. The van der Waals surface area contributed by atoms with E-state index in [1.807, 2.05) is 80.3 Å². The highest BCUT2D eigenvalue weighted by Gasteiger charge is 2.13. The fraction of sp³-hybridized carbons (Fsp3) is 0.241. The van der Waals surface area contributed by atoms with Crippen molar-refractivity contribution >= 4 is 23.1 Å². The van der Waals surface area contributed by atoms with Crippen molar-refractivity contribution in [3.63, 3.8) is 0 Å². The molecule has 186 valence electrons. The number of hydrogen-bond acceptors (Lipinski definition) is 6. The number of nitriles is 2. The van der Waals surface area contributed by atoms with Gasteiger partial charge in [-0.3, -0.25) is 10.2 Å². The minimum atomic E-state index is -0.462. The van der Waals surface area contributed by atoms with E-state index >= 15 is 0 Å². The number of nitrogens with one attached hydrogen (secondary N) is 1. The molecule has 8 heteroatoms. The Balaban J connectivity index is 1.94. The van der Waals surface area contributed by atoms with Crippen LogP contribution in [0, 0.1) is 43.4 Å². The largest absolute Gasteiger partial charge is 0.369 e. The predicted molar refractivity (Wildman–Crippen MR) is 146 cm³/mol. The van der Waals surface area contributed by atoms with Crippen LogP contribution in [0.5, 0.6) is 0 Å². The van der Waals surface area contributed by atoms with E-state index in [-0.39, 0.29) is 5.84 Å². The quantitative estimate of drug-likeness (QED) is 0.163. The summed E-state index contributed by atoms with van der Waals surface area (Å²) in [6.45, 7) is 6.93. The lowest BCUT2D eigenvalue weighted by Crippen LogP contribution is -2.25. The Bertz CT molecular complexity index is 1340. The number of aryl methyl sites for hydroxylation is 3. The normalized spacial score (nSPS) is 11.1. The van der Waals surface area contributed by atoms with E-state index in [0.29, 0.717) is 37.1 Å². The Kier molecular flexibility index (Phi) is 9.64. The number of hydrazone groups is 1. The van der Waals surface area contributed by atoms with E-state index in [1.165, 1.54) is 0 Å². The van der Waals surface area contributed by atoms with Gasteiger partial charge in [-0.05, 0) is 68.8 Å². The SMILES string of the molecule is Cc1ccc(NN=C(N=NC(=O)c2ccc(C)cc2)c2ccc(N(CCC#N)CCC#N)cc2C)cc1. The molecular formula is C29H29N7O. The van der Waals surface area contributed by atoms with Gasteiger partial charge in [0.1, 0.15) is 0 Å². The summed E-state index contributed by atoms with van der Waals surface area (Å²) in [6.07, 6.45) is 0.712. The molecule has 0 unspecified atom stereocenters. The van der Waals surface area contributed by atoms with Crippen LogP contribution in [0.15, 0.2) is 82.1 Å². The Labute approximate surface area is 217 Å². The van der Waals surface area contributed by atoms with E-state index < -0.39 is 5.91 Å². The van der Waals surface area contributed by atoms with Gasteiger partial charge in [0.25, 0.3) is 5.91 Å². The van der Waals surface area contributed by atoms with Crippen LogP contribution < -0.4 is 10.3 Å². The molecule has 1 amide bonds. The third kappa shape index (κ3) is 7.84. The lowest BCUT2D eigenvalue weighted by Gasteiger charge is -2.23. The fourth-order valence-corrected chi connectivity index (χ4v) is 3.56. The summed E-state index contributed by atoms with van der Waals surface area (Å²) in [6, 6.07) is 24.9. The van der Waals surface area contributed by atoms with Gasteiger partial charge in [0, 0.05) is 29.9 Å². The number of carbonyl (C=O) groups excluding carboxylic acids is 1.